The molecule has 2 fully saturated rings. The van der Waals surface area contributed by atoms with Crippen LogP contribution in [0.25, 0.3) is 11.0 Å². The summed E-state index contributed by atoms with van der Waals surface area (Å²) in [5.41, 5.74) is 1.77. The number of hydrogen-bond donors (Lipinski definition) is 1. The van der Waals surface area contributed by atoms with E-state index in [0.717, 1.165) is 28.0 Å². The zero-order chi connectivity index (χ0) is 26.2. The van der Waals surface area contributed by atoms with Crippen molar-refractivity contribution in [3.63, 3.8) is 0 Å². The molecule has 5 rings (SSSR count). The van der Waals surface area contributed by atoms with E-state index in [1.54, 1.807) is 11.2 Å². The molecule has 0 unspecified atom stereocenters. The Balaban J connectivity index is 1.32. The number of likely N-dealkylation sites (tertiary alicyclic amines) is 1. The van der Waals surface area contributed by atoms with Crippen LogP contribution in [-0.2, 0) is 14.9 Å². The molecule has 37 heavy (non-hydrogen) atoms. The molecule has 2 saturated heterocycles. The predicted molar refractivity (Wildman–Crippen MR) is 143 cm³/mol. The zero-order valence-electron chi connectivity index (χ0n) is 22.2. The van der Waals surface area contributed by atoms with Gasteiger partial charge in [-0.15, -0.1) is 0 Å². The van der Waals surface area contributed by atoms with Gasteiger partial charge in [0.1, 0.15) is 23.4 Å². The number of benzene rings is 1. The summed E-state index contributed by atoms with van der Waals surface area (Å²) >= 11 is 0. The number of fused-ring (bicyclic) bond motifs is 1. The average molecular weight is 505 g/mol. The molecule has 2 amide bonds. The van der Waals surface area contributed by atoms with Gasteiger partial charge in [-0.25, -0.2) is 14.8 Å². The van der Waals surface area contributed by atoms with Crippen molar-refractivity contribution in [2.75, 3.05) is 44.2 Å². The van der Waals surface area contributed by atoms with E-state index >= 15 is 0 Å². The van der Waals surface area contributed by atoms with Crippen LogP contribution in [0, 0.1) is 6.92 Å². The smallest absolute Gasteiger partial charge is 0.410 e. The maximum absolute atomic E-state index is 14.2. The number of hydrogen-bond acceptors (Lipinski definition) is 6. The van der Waals surface area contributed by atoms with Crippen LogP contribution in [0.15, 0.2) is 42.9 Å². The van der Waals surface area contributed by atoms with E-state index in [4.69, 9.17) is 4.74 Å². The molecule has 0 radical (unpaired) electrons. The molecule has 196 valence electrons. The van der Waals surface area contributed by atoms with E-state index < -0.39 is 11.0 Å². The summed E-state index contributed by atoms with van der Waals surface area (Å²) in [5, 5.41) is 1.04. The lowest BCUT2D eigenvalue weighted by atomic mass is 9.71. The van der Waals surface area contributed by atoms with Gasteiger partial charge >= 0.3 is 6.09 Å². The number of aromatic nitrogens is 3. The highest BCUT2D eigenvalue weighted by Gasteiger charge is 2.46. The summed E-state index contributed by atoms with van der Waals surface area (Å²) in [4.78, 5) is 45.0. The van der Waals surface area contributed by atoms with Gasteiger partial charge in [0.05, 0.1) is 10.8 Å². The van der Waals surface area contributed by atoms with Crippen molar-refractivity contribution in [3.05, 3.63) is 54.0 Å². The fourth-order valence-electron chi connectivity index (χ4n) is 5.54. The predicted octanol–water partition coefficient (Wildman–Crippen LogP) is 3.88. The Morgan fingerprint density at radius 1 is 0.946 bits per heavy atom. The molecule has 0 atom stereocenters. The Labute approximate surface area is 217 Å². The number of amides is 2. The van der Waals surface area contributed by atoms with E-state index in [1.807, 2.05) is 62.2 Å². The van der Waals surface area contributed by atoms with E-state index in [-0.39, 0.29) is 12.0 Å². The zero-order valence-corrected chi connectivity index (χ0v) is 22.2. The fraction of sp³-hybridized carbons (Fsp3) is 0.500. The molecule has 1 N–H and O–H groups in total. The number of anilines is 1. The normalized spacial score (nSPS) is 18.2. The maximum atomic E-state index is 14.2. The van der Waals surface area contributed by atoms with E-state index in [9.17, 15) is 9.59 Å². The minimum absolute atomic E-state index is 0.146. The Bertz CT molecular complexity index is 1270. The van der Waals surface area contributed by atoms with Crippen LogP contribution >= 0.6 is 0 Å². The number of ether oxygens (including phenoxy) is 1. The van der Waals surface area contributed by atoms with Crippen LogP contribution in [0.3, 0.4) is 0 Å². The molecule has 2 aliphatic rings. The van der Waals surface area contributed by atoms with Crippen LogP contribution in [0.1, 0.15) is 44.7 Å². The van der Waals surface area contributed by atoms with Gasteiger partial charge in [-0.3, -0.25) is 4.79 Å². The van der Waals surface area contributed by atoms with Crippen LogP contribution < -0.4 is 4.90 Å². The standard InChI is InChI=1S/C28H36N6O3/c1-20-18-29-23-22(20)24(31-19-30-23)32-14-16-33(17-15-32)25(35)28(21-8-6-5-7-9-21)10-12-34(13-11-28)26(36)37-27(2,3)4/h5-9,18-19H,10-17H2,1-4H3,(H,29,30,31). The van der Waals surface area contributed by atoms with Crippen molar-refractivity contribution in [3.8, 4) is 0 Å². The second-order valence-electron chi connectivity index (χ2n) is 11.1. The third kappa shape index (κ3) is 4.86. The SMILES string of the molecule is Cc1c[nH]c2ncnc(N3CCN(C(=O)C4(c5ccccc5)CCN(C(=O)OC(C)(C)C)CC4)CC3)c12. The monoisotopic (exact) mass is 504 g/mol. The van der Waals surface area contributed by atoms with Crippen molar-refractivity contribution in [2.45, 2.75) is 51.6 Å². The molecule has 2 aliphatic heterocycles. The first kappa shape index (κ1) is 25.0. The van der Waals surface area contributed by atoms with Gasteiger partial charge in [-0.05, 0) is 51.7 Å². The second kappa shape index (κ2) is 9.68. The highest BCUT2D eigenvalue weighted by molar-refractivity contribution is 5.91. The third-order valence-corrected chi connectivity index (χ3v) is 7.52. The molecular weight excluding hydrogens is 468 g/mol. The van der Waals surface area contributed by atoms with Gasteiger partial charge in [0.25, 0.3) is 0 Å². The molecule has 0 aliphatic carbocycles. The topological polar surface area (TPSA) is 94.7 Å². The van der Waals surface area contributed by atoms with E-state index in [2.05, 4.69) is 26.8 Å². The summed E-state index contributed by atoms with van der Waals surface area (Å²) in [6.45, 7) is 11.3. The van der Waals surface area contributed by atoms with E-state index in [1.165, 1.54) is 0 Å². The van der Waals surface area contributed by atoms with Crippen molar-refractivity contribution < 1.29 is 14.3 Å². The molecule has 9 heteroatoms. The number of H-pyrrole nitrogens is 1. The molecule has 0 spiro atoms. The van der Waals surface area contributed by atoms with Gasteiger partial charge in [0, 0.05) is 45.5 Å². The van der Waals surface area contributed by atoms with Crippen molar-refractivity contribution in [2.24, 2.45) is 0 Å². The summed E-state index contributed by atoms with van der Waals surface area (Å²) < 4.78 is 5.59. The highest BCUT2D eigenvalue weighted by Crippen LogP contribution is 2.38. The van der Waals surface area contributed by atoms with Gasteiger partial charge in [0.2, 0.25) is 5.91 Å². The molecular formula is C28H36N6O3. The first-order valence-corrected chi connectivity index (χ1v) is 13.0. The minimum atomic E-state index is -0.651. The molecule has 3 aromatic rings. The molecule has 2 aromatic heterocycles. The van der Waals surface area contributed by atoms with Crippen LogP contribution in [-0.4, -0.2) is 81.6 Å². The van der Waals surface area contributed by atoms with E-state index in [0.29, 0.717) is 52.1 Å². The van der Waals surface area contributed by atoms with Gasteiger partial charge in [0.15, 0.2) is 0 Å². The van der Waals surface area contributed by atoms with Gasteiger partial charge in [-0.1, -0.05) is 30.3 Å². The number of piperazine rings is 1. The van der Waals surface area contributed by atoms with Crippen LogP contribution in [0.5, 0.6) is 0 Å². The number of nitrogens with one attached hydrogen (secondary N) is 1. The lowest BCUT2D eigenvalue weighted by Gasteiger charge is -2.45. The lowest BCUT2D eigenvalue weighted by Crippen LogP contribution is -2.58. The Hall–Kier alpha value is -3.62. The summed E-state index contributed by atoms with van der Waals surface area (Å²) in [6.07, 6.45) is 4.38. The Morgan fingerprint density at radius 2 is 1.62 bits per heavy atom. The molecule has 4 heterocycles. The Morgan fingerprint density at radius 3 is 2.27 bits per heavy atom. The lowest BCUT2D eigenvalue weighted by molar-refractivity contribution is -0.140. The number of rotatable bonds is 3. The molecule has 0 saturated carbocycles. The first-order valence-electron chi connectivity index (χ1n) is 13.0. The van der Waals surface area contributed by atoms with Crippen molar-refractivity contribution in [1.82, 2.24) is 24.8 Å². The first-order chi connectivity index (χ1) is 17.7. The Kier molecular flexibility index (Phi) is 6.56. The number of nitrogens with zero attached hydrogens (tertiary/aromatic N) is 5. The number of aromatic amines is 1. The average Bonchev–Trinajstić information content (AvgIpc) is 3.29. The fourth-order valence-corrected chi connectivity index (χ4v) is 5.54. The van der Waals surface area contributed by atoms with Gasteiger partial charge in [-0.2, -0.15) is 0 Å². The summed E-state index contributed by atoms with van der Waals surface area (Å²) in [7, 11) is 0. The maximum Gasteiger partial charge on any atom is 0.410 e. The number of carbonyl (C=O) groups is 2. The van der Waals surface area contributed by atoms with Crippen molar-refractivity contribution >= 4 is 28.9 Å². The summed E-state index contributed by atoms with van der Waals surface area (Å²) in [6, 6.07) is 10.0. The number of aryl methyl sites for hydroxylation is 1. The molecule has 9 nitrogen and oxygen atoms in total. The third-order valence-electron chi connectivity index (χ3n) is 7.52. The van der Waals surface area contributed by atoms with Crippen molar-refractivity contribution in [1.29, 1.82) is 0 Å². The quantitative estimate of drug-likeness (QED) is 0.582. The molecule has 0 bridgehead atoms. The van der Waals surface area contributed by atoms with Gasteiger partial charge < -0.3 is 24.4 Å². The second-order valence-corrected chi connectivity index (χ2v) is 11.1. The number of piperidine rings is 1. The highest BCUT2D eigenvalue weighted by atomic mass is 16.6. The largest absolute Gasteiger partial charge is 0.444 e. The molecule has 1 aromatic carbocycles. The van der Waals surface area contributed by atoms with Crippen LogP contribution in [0.4, 0.5) is 10.6 Å². The van der Waals surface area contributed by atoms with Crippen LogP contribution in [0.2, 0.25) is 0 Å². The number of carbonyl (C=O) groups excluding carboxylic acids is 2. The summed E-state index contributed by atoms with van der Waals surface area (Å²) in [5.74, 6) is 1.06. The minimum Gasteiger partial charge on any atom is -0.444 e.